The van der Waals surface area contributed by atoms with Gasteiger partial charge in [0.1, 0.15) is 5.60 Å². The van der Waals surface area contributed by atoms with Gasteiger partial charge in [-0.1, -0.05) is 19.3 Å². The summed E-state index contributed by atoms with van der Waals surface area (Å²) in [4.78, 5) is 12.2. The summed E-state index contributed by atoms with van der Waals surface area (Å²) in [5.74, 6) is 0. The zero-order valence-electron chi connectivity index (χ0n) is 13.6. The Kier molecular flexibility index (Phi) is 4.83. The Hall–Kier alpha value is -0.810. The molecule has 0 aromatic rings. The molecule has 1 saturated carbocycles. The number of alkyl carbamates (subject to hydrolysis) is 1. The highest BCUT2D eigenvalue weighted by Crippen LogP contribution is 2.37. The van der Waals surface area contributed by atoms with Crippen molar-refractivity contribution in [1.29, 1.82) is 0 Å². The van der Waals surface area contributed by atoms with Crippen LogP contribution < -0.4 is 10.6 Å². The summed E-state index contributed by atoms with van der Waals surface area (Å²) in [5, 5.41) is 17.0. The molecule has 21 heavy (non-hydrogen) atoms. The van der Waals surface area contributed by atoms with Gasteiger partial charge in [0.15, 0.2) is 0 Å². The predicted molar refractivity (Wildman–Crippen MR) is 82.2 cm³/mol. The van der Waals surface area contributed by atoms with Gasteiger partial charge in [-0.3, -0.25) is 0 Å². The first-order valence-electron chi connectivity index (χ1n) is 8.16. The molecule has 1 atom stereocenters. The van der Waals surface area contributed by atoms with E-state index in [9.17, 15) is 9.90 Å². The van der Waals surface area contributed by atoms with E-state index in [4.69, 9.17) is 4.74 Å². The maximum atomic E-state index is 12.2. The van der Waals surface area contributed by atoms with Crippen LogP contribution in [0, 0.1) is 0 Å². The zero-order chi connectivity index (χ0) is 15.6. The molecule has 0 aromatic heterocycles. The average Bonchev–Trinajstić information content (AvgIpc) is 2.73. The van der Waals surface area contributed by atoms with Crippen molar-refractivity contribution in [2.24, 2.45) is 0 Å². The van der Waals surface area contributed by atoms with Crippen LogP contribution in [0.25, 0.3) is 0 Å². The Morgan fingerprint density at radius 2 is 1.90 bits per heavy atom. The third kappa shape index (κ3) is 4.85. The lowest BCUT2D eigenvalue weighted by Crippen LogP contribution is -2.55. The molecule has 5 nitrogen and oxygen atoms in total. The highest BCUT2D eigenvalue weighted by molar-refractivity contribution is 5.68. The summed E-state index contributed by atoms with van der Waals surface area (Å²) in [6, 6.07) is 0. The molecule has 122 valence electrons. The maximum absolute atomic E-state index is 12.2. The van der Waals surface area contributed by atoms with Gasteiger partial charge in [-0.2, -0.15) is 0 Å². The van der Waals surface area contributed by atoms with Crippen molar-refractivity contribution in [2.45, 2.75) is 82.5 Å². The minimum absolute atomic E-state index is 0.318. The van der Waals surface area contributed by atoms with E-state index in [1.807, 2.05) is 20.8 Å². The number of aliphatic hydroxyl groups is 1. The Morgan fingerprint density at radius 3 is 2.43 bits per heavy atom. The Balaban J connectivity index is 2.04. The van der Waals surface area contributed by atoms with Crippen LogP contribution in [0.4, 0.5) is 4.79 Å². The van der Waals surface area contributed by atoms with Crippen molar-refractivity contribution in [3.63, 3.8) is 0 Å². The first kappa shape index (κ1) is 16.6. The summed E-state index contributed by atoms with van der Waals surface area (Å²) in [6.07, 6.45) is 6.26. The average molecular weight is 298 g/mol. The van der Waals surface area contributed by atoms with Gasteiger partial charge < -0.3 is 20.5 Å². The maximum Gasteiger partial charge on any atom is 0.408 e. The lowest BCUT2D eigenvalue weighted by Gasteiger charge is -2.42. The molecule has 3 N–H and O–H groups in total. The van der Waals surface area contributed by atoms with E-state index in [2.05, 4.69) is 10.6 Å². The van der Waals surface area contributed by atoms with Gasteiger partial charge >= 0.3 is 6.09 Å². The van der Waals surface area contributed by atoms with Gasteiger partial charge in [-0.25, -0.2) is 4.79 Å². The van der Waals surface area contributed by atoms with Crippen LogP contribution in [0.15, 0.2) is 0 Å². The lowest BCUT2D eigenvalue weighted by atomic mass is 9.74. The van der Waals surface area contributed by atoms with Crippen molar-refractivity contribution >= 4 is 6.09 Å². The van der Waals surface area contributed by atoms with E-state index >= 15 is 0 Å². The van der Waals surface area contributed by atoms with Crippen LogP contribution >= 0.6 is 0 Å². The van der Waals surface area contributed by atoms with Crippen LogP contribution in [0.5, 0.6) is 0 Å². The molecule has 1 aliphatic heterocycles. The van der Waals surface area contributed by atoms with Crippen molar-refractivity contribution < 1.29 is 14.6 Å². The first-order chi connectivity index (χ1) is 9.72. The summed E-state index contributed by atoms with van der Waals surface area (Å²) in [7, 11) is 0. The molecule has 1 saturated heterocycles. The number of rotatable bonds is 3. The van der Waals surface area contributed by atoms with Gasteiger partial charge in [-0.05, 0) is 46.6 Å². The predicted octanol–water partition coefficient (Wildman–Crippen LogP) is 2.33. The number of amides is 1. The second kappa shape index (κ2) is 6.13. The van der Waals surface area contributed by atoms with E-state index in [1.54, 1.807) is 0 Å². The highest BCUT2D eigenvalue weighted by atomic mass is 16.6. The van der Waals surface area contributed by atoms with Crippen molar-refractivity contribution in [2.75, 3.05) is 13.1 Å². The molecule has 2 fully saturated rings. The molecular formula is C16H30N2O3. The summed E-state index contributed by atoms with van der Waals surface area (Å²) < 4.78 is 5.42. The third-order valence-electron chi connectivity index (χ3n) is 4.47. The second-order valence-corrected chi connectivity index (χ2v) is 7.80. The zero-order valence-corrected chi connectivity index (χ0v) is 13.6. The first-order valence-corrected chi connectivity index (χ1v) is 8.16. The second-order valence-electron chi connectivity index (χ2n) is 7.80. The van der Waals surface area contributed by atoms with E-state index in [0.717, 1.165) is 38.6 Å². The third-order valence-corrected chi connectivity index (χ3v) is 4.47. The summed E-state index contributed by atoms with van der Waals surface area (Å²) in [5.41, 5.74) is -1.51. The van der Waals surface area contributed by atoms with Gasteiger partial charge in [0.25, 0.3) is 0 Å². The van der Waals surface area contributed by atoms with Crippen LogP contribution in [0.3, 0.4) is 0 Å². The lowest BCUT2D eigenvalue weighted by molar-refractivity contribution is 0.00158. The largest absolute Gasteiger partial charge is 0.444 e. The molecule has 1 unspecified atom stereocenters. The Bertz CT molecular complexity index is 364. The van der Waals surface area contributed by atoms with Gasteiger partial charge in [0, 0.05) is 18.5 Å². The number of nitrogens with one attached hydrogen (secondary N) is 2. The monoisotopic (exact) mass is 298 g/mol. The van der Waals surface area contributed by atoms with Crippen LogP contribution in [-0.2, 0) is 4.74 Å². The molecule has 1 amide bonds. The SMILES string of the molecule is CC(C)(C)OC(=O)NC1(CC2(O)CCNC2)CCCCC1. The van der Waals surface area contributed by atoms with Gasteiger partial charge in [-0.15, -0.1) is 0 Å². The molecule has 0 radical (unpaired) electrons. The van der Waals surface area contributed by atoms with Crippen molar-refractivity contribution in [3.05, 3.63) is 0 Å². The number of carbonyl (C=O) groups excluding carboxylic acids is 1. The highest BCUT2D eigenvalue weighted by Gasteiger charge is 2.43. The molecule has 1 aliphatic carbocycles. The quantitative estimate of drug-likeness (QED) is 0.748. The van der Waals surface area contributed by atoms with E-state index in [0.29, 0.717) is 13.0 Å². The standard InChI is InChI=1S/C16H30N2O3/c1-14(2,3)21-13(19)18-15(7-5-4-6-8-15)11-16(20)9-10-17-12-16/h17,20H,4-12H2,1-3H3,(H,18,19). The fraction of sp³-hybridized carbons (Fsp3) is 0.938. The number of ether oxygens (including phenoxy) is 1. The summed E-state index contributed by atoms with van der Waals surface area (Å²) >= 11 is 0. The Morgan fingerprint density at radius 1 is 1.24 bits per heavy atom. The van der Waals surface area contributed by atoms with Crippen molar-refractivity contribution in [3.8, 4) is 0 Å². The van der Waals surface area contributed by atoms with Crippen LogP contribution in [-0.4, -0.2) is 41.0 Å². The topological polar surface area (TPSA) is 70.6 Å². The number of β-amino-alcohol motifs (C(OH)–C–C–N with tert-alkyl or cyclic N) is 1. The van der Waals surface area contributed by atoms with E-state index in [1.165, 1.54) is 6.42 Å². The molecule has 0 bridgehead atoms. The molecular weight excluding hydrogens is 268 g/mol. The smallest absolute Gasteiger partial charge is 0.408 e. The summed E-state index contributed by atoms with van der Waals surface area (Å²) in [6.45, 7) is 7.07. The number of hydrogen-bond donors (Lipinski definition) is 3. The fourth-order valence-electron chi connectivity index (χ4n) is 3.61. The fourth-order valence-corrected chi connectivity index (χ4v) is 3.61. The molecule has 0 spiro atoms. The number of carbonyl (C=O) groups is 1. The van der Waals surface area contributed by atoms with E-state index < -0.39 is 11.2 Å². The van der Waals surface area contributed by atoms with Gasteiger partial charge in [0.2, 0.25) is 0 Å². The normalized spacial score (nSPS) is 29.1. The molecule has 5 heteroatoms. The Labute approximate surface area is 127 Å². The van der Waals surface area contributed by atoms with Crippen molar-refractivity contribution in [1.82, 2.24) is 10.6 Å². The van der Waals surface area contributed by atoms with Crippen LogP contribution in [0.2, 0.25) is 0 Å². The van der Waals surface area contributed by atoms with Crippen LogP contribution in [0.1, 0.15) is 65.7 Å². The van der Waals surface area contributed by atoms with E-state index in [-0.39, 0.29) is 11.6 Å². The number of hydrogen-bond acceptors (Lipinski definition) is 4. The molecule has 2 aliphatic rings. The van der Waals surface area contributed by atoms with Gasteiger partial charge in [0.05, 0.1) is 5.60 Å². The minimum Gasteiger partial charge on any atom is -0.444 e. The molecule has 0 aromatic carbocycles. The molecule has 2 rings (SSSR count). The molecule has 1 heterocycles. The minimum atomic E-state index is -0.702.